The molecule has 9 heteroatoms. The summed E-state index contributed by atoms with van der Waals surface area (Å²) in [6.07, 6.45) is -3.80. The van der Waals surface area contributed by atoms with Crippen molar-refractivity contribution in [2.45, 2.75) is 45.9 Å². The second kappa shape index (κ2) is 11.5. The van der Waals surface area contributed by atoms with E-state index in [1.54, 1.807) is 45.0 Å². The largest absolute Gasteiger partial charge is 0.493 e. The smallest absolute Gasteiger partial charge is 0.416 e. The number of esters is 1. The molecule has 1 aromatic heterocycles. The third-order valence-electron chi connectivity index (χ3n) is 5.61. The summed E-state index contributed by atoms with van der Waals surface area (Å²) < 4.78 is 60.6. The number of carbonyl (C=O) groups excluding carboxylic acids is 1. The maximum Gasteiger partial charge on any atom is 0.416 e. The number of halogens is 3. The highest BCUT2D eigenvalue weighted by atomic mass is 19.4. The zero-order chi connectivity index (χ0) is 27.2. The Morgan fingerprint density at radius 3 is 2.27 bits per heavy atom. The van der Waals surface area contributed by atoms with Crippen LogP contribution in [0.3, 0.4) is 0 Å². The molecule has 198 valence electrons. The van der Waals surface area contributed by atoms with Crippen molar-refractivity contribution >= 4 is 5.97 Å². The summed E-state index contributed by atoms with van der Waals surface area (Å²) in [6.45, 7) is 7.43. The molecule has 0 amide bonds. The number of pyridine rings is 1. The van der Waals surface area contributed by atoms with Crippen LogP contribution in [0.25, 0.3) is 11.3 Å². The molecule has 0 atom stereocenters. The third-order valence-corrected chi connectivity index (χ3v) is 5.61. The van der Waals surface area contributed by atoms with Gasteiger partial charge >= 0.3 is 12.1 Å². The summed E-state index contributed by atoms with van der Waals surface area (Å²) in [5.41, 5.74) is 1.05. The number of alkyl halides is 3. The van der Waals surface area contributed by atoms with Gasteiger partial charge in [0.05, 0.1) is 31.6 Å². The summed E-state index contributed by atoms with van der Waals surface area (Å²) in [5, 5.41) is 0. The number of aromatic nitrogens is 1. The zero-order valence-corrected chi connectivity index (χ0v) is 21.4. The SMILES string of the molecule is CCOC(=O)C(C)(C)Oc1ccc(OCCc2ccc(-c3ccc(C(F)(F)F)cc3)nc2C)cc1OC. The van der Waals surface area contributed by atoms with Crippen LogP contribution in [0.2, 0.25) is 0 Å². The van der Waals surface area contributed by atoms with Crippen LogP contribution in [-0.4, -0.2) is 36.9 Å². The number of benzene rings is 2. The topological polar surface area (TPSA) is 66.9 Å². The van der Waals surface area contributed by atoms with E-state index in [1.165, 1.54) is 19.2 Å². The Morgan fingerprint density at radius 1 is 0.973 bits per heavy atom. The molecule has 0 unspecified atom stereocenters. The molecule has 37 heavy (non-hydrogen) atoms. The molecule has 0 aliphatic rings. The Balaban J connectivity index is 1.62. The van der Waals surface area contributed by atoms with E-state index in [1.807, 2.05) is 13.0 Å². The van der Waals surface area contributed by atoms with E-state index in [9.17, 15) is 18.0 Å². The van der Waals surface area contributed by atoms with Gasteiger partial charge in [0, 0.05) is 23.7 Å². The van der Waals surface area contributed by atoms with Crippen molar-refractivity contribution in [1.82, 2.24) is 4.98 Å². The Bertz CT molecular complexity index is 1220. The molecule has 6 nitrogen and oxygen atoms in total. The lowest BCUT2D eigenvalue weighted by Gasteiger charge is -2.25. The molecule has 0 saturated heterocycles. The van der Waals surface area contributed by atoms with Crippen molar-refractivity contribution in [3.05, 3.63) is 71.4 Å². The van der Waals surface area contributed by atoms with Crippen molar-refractivity contribution in [2.75, 3.05) is 20.3 Å². The molecule has 3 aromatic rings. The van der Waals surface area contributed by atoms with Crippen LogP contribution in [-0.2, 0) is 22.1 Å². The van der Waals surface area contributed by atoms with E-state index in [-0.39, 0.29) is 6.61 Å². The molecule has 3 rings (SSSR count). The Labute approximate surface area is 214 Å². The quantitative estimate of drug-likeness (QED) is 0.289. The second-order valence-corrected chi connectivity index (χ2v) is 8.76. The number of methoxy groups -OCH3 is 1. The van der Waals surface area contributed by atoms with Gasteiger partial charge in [-0.15, -0.1) is 0 Å². The van der Waals surface area contributed by atoms with Gasteiger partial charge in [0.1, 0.15) is 5.75 Å². The first kappa shape index (κ1) is 27.8. The number of rotatable bonds is 10. The molecular weight excluding hydrogens is 487 g/mol. The van der Waals surface area contributed by atoms with Crippen molar-refractivity contribution in [2.24, 2.45) is 0 Å². The number of ether oxygens (including phenoxy) is 4. The summed E-state index contributed by atoms with van der Waals surface area (Å²) >= 11 is 0. The lowest BCUT2D eigenvalue weighted by atomic mass is 10.1. The van der Waals surface area contributed by atoms with Crippen LogP contribution in [0.4, 0.5) is 13.2 Å². The Hall–Kier alpha value is -3.75. The molecule has 0 bridgehead atoms. The van der Waals surface area contributed by atoms with Crippen LogP contribution in [0, 0.1) is 6.92 Å². The van der Waals surface area contributed by atoms with Gasteiger partial charge in [-0.05, 0) is 63.6 Å². The maximum absolute atomic E-state index is 12.8. The monoisotopic (exact) mass is 517 g/mol. The fraction of sp³-hybridized carbons (Fsp3) is 0.357. The van der Waals surface area contributed by atoms with Gasteiger partial charge < -0.3 is 18.9 Å². The van der Waals surface area contributed by atoms with Crippen LogP contribution < -0.4 is 14.2 Å². The van der Waals surface area contributed by atoms with E-state index >= 15 is 0 Å². The van der Waals surface area contributed by atoms with Crippen molar-refractivity contribution in [1.29, 1.82) is 0 Å². The normalized spacial score (nSPS) is 11.7. The first-order chi connectivity index (χ1) is 17.4. The molecule has 0 aliphatic heterocycles. The molecule has 0 aliphatic carbocycles. The number of nitrogens with zero attached hydrogens (tertiary/aromatic N) is 1. The Kier molecular flexibility index (Phi) is 8.68. The van der Waals surface area contributed by atoms with Gasteiger partial charge in [-0.1, -0.05) is 18.2 Å². The molecule has 0 N–H and O–H groups in total. The van der Waals surface area contributed by atoms with Gasteiger partial charge in [0.25, 0.3) is 0 Å². The van der Waals surface area contributed by atoms with Crippen molar-refractivity contribution in [3.63, 3.8) is 0 Å². The van der Waals surface area contributed by atoms with Crippen LogP contribution in [0.1, 0.15) is 37.6 Å². The summed E-state index contributed by atoms with van der Waals surface area (Å²) in [4.78, 5) is 16.7. The lowest BCUT2D eigenvalue weighted by Crippen LogP contribution is -2.39. The number of carbonyl (C=O) groups is 1. The highest BCUT2D eigenvalue weighted by Gasteiger charge is 2.33. The predicted molar refractivity (Wildman–Crippen MR) is 133 cm³/mol. The van der Waals surface area contributed by atoms with Crippen molar-refractivity contribution in [3.8, 4) is 28.5 Å². The van der Waals surface area contributed by atoms with Crippen LogP contribution in [0.15, 0.2) is 54.6 Å². The average molecular weight is 518 g/mol. The zero-order valence-electron chi connectivity index (χ0n) is 21.4. The molecule has 0 saturated carbocycles. The number of aryl methyl sites for hydroxylation is 1. The van der Waals surface area contributed by atoms with Gasteiger partial charge in [-0.3, -0.25) is 4.98 Å². The molecular formula is C28H30F3NO5. The van der Waals surface area contributed by atoms with Gasteiger partial charge in [0.15, 0.2) is 17.1 Å². The second-order valence-electron chi connectivity index (χ2n) is 8.76. The minimum absolute atomic E-state index is 0.252. The van der Waals surface area contributed by atoms with Crippen LogP contribution in [0.5, 0.6) is 17.2 Å². The predicted octanol–water partition coefficient (Wildman–Crippen LogP) is 6.43. The fourth-order valence-corrected chi connectivity index (χ4v) is 3.57. The summed E-state index contributed by atoms with van der Waals surface area (Å²) in [6, 6.07) is 13.7. The van der Waals surface area contributed by atoms with E-state index in [0.717, 1.165) is 23.4 Å². The highest BCUT2D eigenvalue weighted by molar-refractivity contribution is 5.79. The van der Waals surface area contributed by atoms with E-state index in [0.29, 0.717) is 41.5 Å². The van der Waals surface area contributed by atoms with Gasteiger partial charge in [0.2, 0.25) is 0 Å². The maximum atomic E-state index is 12.8. The van der Waals surface area contributed by atoms with Crippen molar-refractivity contribution < 1.29 is 36.9 Å². The average Bonchev–Trinajstić information content (AvgIpc) is 2.85. The summed E-state index contributed by atoms with van der Waals surface area (Å²) in [5.74, 6) is 0.872. The molecule has 0 spiro atoms. The third kappa shape index (κ3) is 7.15. The number of hydrogen-bond donors (Lipinski definition) is 0. The van der Waals surface area contributed by atoms with Gasteiger partial charge in [-0.2, -0.15) is 13.2 Å². The molecule has 2 aromatic carbocycles. The summed E-state index contributed by atoms with van der Waals surface area (Å²) in [7, 11) is 1.50. The molecule has 1 heterocycles. The first-order valence-electron chi connectivity index (χ1n) is 11.8. The minimum Gasteiger partial charge on any atom is -0.493 e. The molecule has 0 fully saturated rings. The standard InChI is InChI=1S/C28H30F3NO5/c1-6-35-26(33)27(3,4)37-24-14-12-22(17-25(24)34-5)36-16-15-19-9-13-23(32-18(19)2)20-7-10-21(11-8-20)28(29,30)31/h7-14,17H,6,15-16H2,1-5H3. The van der Waals surface area contributed by atoms with Gasteiger partial charge in [-0.25, -0.2) is 4.79 Å². The van der Waals surface area contributed by atoms with E-state index in [2.05, 4.69) is 4.98 Å². The number of hydrogen-bond acceptors (Lipinski definition) is 6. The molecule has 0 radical (unpaired) electrons. The Morgan fingerprint density at radius 2 is 1.68 bits per heavy atom. The fourth-order valence-electron chi connectivity index (χ4n) is 3.57. The van der Waals surface area contributed by atoms with E-state index < -0.39 is 23.3 Å². The van der Waals surface area contributed by atoms with E-state index in [4.69, 9.17) is 18.9 Å². The first-order valence-corrected chi connectivity index (χ1v) is 11.8. The lowest BCUT2D eigenvalue weighted by molar-refractivity contribution is -0.158. The minimum atomic E-state index is -4.37. The van der Waals surface area contributed by atoms with Crippen LogP contribution >= 0.6 is 0 Å². The highest BCUT2D eigenvalue weighted by Crippen LogP contribution is 2.34.